The van der Waals surface area contributed by atoms with E-state index in [0.717, 1.165) is 66.6 Å². The molecule has 1 aliphatic carbocycles. The summed E-state index contributed by atoms with van der Waals surface area (Å²) < 4.78 is 22.9. The van der Waals surface area contributed by atoms with Crippen LogP contribution < -0.4 is 35.6 Å². The number of aromatic nitrogens is 1. The van der Waals surface area contributed by atoms with Gasteiger partial charge in [0.25, 0.3) is 5.91 Å². The highest BCUT2D eigenvalue weighted by Gasteiger charge is 2.23. The van der Waals surface area contributed by atoms with Crippen LogP contribution in [0.15, 0.2) is 95.6 Å². The van der Waals surface area contributed by atoms with E-state index in [1.54, 1.807) is 54.6 Å². The van der Waals surface area contributed by atoms with Crippen LogP contribution in [0.25, 0.3) is 0 Å². The van der Waals surface area contributed by atoms with Crippen molar-refractivity contribution in [3.63, 3.8) is 0 Å². The summed E-state index contributed by atoms with van der Waals surface area (Å²) in [5, 5.41) is 33.9. The van der Waals surface area contributed by atoms with Crippen molar-refractivity contribution in [3.05, 3.63) is 119 Å². The molecule has 1 atom stereocenters. The molecule has 70 heavy (non-hydrogen) atoms. The van der Waals surface area contributed by atoms with Gasteiger partial charge in [-0.05, 0) is 119 Å². The van der Waals surface area contributed by atoms with Crippen LogP contribution in [0.2, 0.25) is 0 Å². The molecule has 18 nitrogen and oxygen atoms in total. The number of carboxylic acids is 1. The molecule has 1 unspecified atom stereocenters. The molecule has 0 radical (unpaired) electrons. The molecular formula is C51H62N6O12S. The summed E-state index contributed by atoms with van der Waals surface area (Å²) in [5.74, 6) is 0.502. The maximum absolute atomic E-state index is 13.0. The van der Waals surface area contributed by atoms with Gasteiger partial charge in [0.1, 0.15) is 29.1 Å². The maximum Gasteiger partial charge on any atom is 0.303 e. The highest BCUT2D eigenvalue weighted by molar-refractivity contribution is 7.94. The number of ether oxygens (including phenoxy) is 3. The number of Topliss-reactive ketones (excluding diaryl/α,β-unsaturated/α-hetero) is 1. The fourth-order valence-electron chi connectivity index (χ4n) is 7.69. The largest absolute Gasteiger partial charge is 0.493 e. The van der Waals surface area contributed by atoms with Crippen molar-refractivity contribution < 1.29 is 57.9 Å². The number of carbonyl (C=O) groups excluding carboxylic acids is 4. The van der Waals surface area contributed by atoms with Crippen LogP contribution in [0, 0.1) is 0 Å². The van der Waals surface area contributed by atoms with Gasteiger partial charge in [-0.1, -0.05) is 35.4 Å². The Bertz CT molecular complexity index is 2400. The van der Waals surface area contributed by atoms with Crippen LogP contribution in [0.4, 0.5) is 5.82 Å². The lowest BCUT2D eigenvalue weighted by molar-refractivity contribution is -0.432. The molecule has 0 aliphatic heterocycles. The van der Waals surface area contributed by atoms with Crippen LogP contribution in [-0.4, -0.2) is 90.5 Å². The second kappa shape index (κ2) is 29.9. The van der Waals surface area contributed by atoms with E-state index in [2.05, 4.69) is 47.4 Å². The van der Waals surface area contributed by atoms with Gasteiger partial charge in [-0.2, -0.15) is 5.10 Å². The van der Waals surface area contributed by atoms with Gasteiger partial charge >= 0.3 is 5.97 Å². The number of amides is 3. The first kappa shape index (κ1) is 54.1. The molecule has 6 N–H and O–H groups in total. The second-order valence-corrected chi connectivity index (χ2v) is 17.0. The standard InChI is InChI=1S/C51H62N6O12S/c1-3-14-39-37-16-11-18-42(58)38(37)24-26-45(39)66-31-10-4-9-30-65-43-19-12-20-44(40(43)25-28-49(60)61)67-32-13-22-48(59)53-29-8-7-17-41(51(63)52-2)56-50(62)36-23-27-47(54-33-36)57-55-34-35-15-5-6-21-46(35)70-69-68-64/h3,5-6,12,15,19-21,23-24,26-27,33-34,41,64H,1,4,7-11,13-14,16-18,22,25,28-32H2,2H3,(H,52,63)(H,53,59)(H,54,57)(H,56,62)(H,60,61)/b55-34-. The van der Waals surface area contributed by atoms with E-state index in [1.807, 2.05) is 18.2 Å². The maximum atomic E-state index is 13.0. The predicted molar refractivity (Wildman–Crippen MR) is 264 cm³/mol. The monoisotopic (exact) mass is 982 g/mol. The number of hydrazone groups is 1. The number of benzene rings is 3. The minimum absolute atomic E-state index is 0.100. The molecule has 3 amide bonds. The Morgan fingerprint density at radius 2 is 1.60 bits per heavy atom. The van der Waals surface area contributed by atoms with Crippen molar-refractivity contribution in [1.29, 1.82) is 0 Å². The number of carbonyl (C=O) groups is 5. The summed E-state index contributed by atoms with van der Waals surface area (Å²) in [6.07, 6.45) is 12.3. The molecule has 1 aliphatic rings. The van der Waals surface area contributed by atoms with Crippen molar-refractivity contribution in [2.24, 2.45) is 5.10 Å². The van der Waals surface area contributed by atoms with Gasteiger partial charge in [0.2, 0.25) is 11.8 Å². The van der Waals surface area contributed by atoms with Gasteiger partial charge in [0.05, 0.1) is 43.6 Å². The van der Waals surface area contributed by atoms with E-state index in [4.69, 9.17) is 19.5 Å². The Labute approximate surface area is 412 Å². The number of nitrogens with one attached hydrogen (secondary N) is 4. The summed E-state index contributed by atoms with van der Waals surface area (Å²) in [5.41, 5.74) is 7.29. The number of likely N-dealkylation sites (N-methyl/N-ethyl adjacent to an activating group) is 1. The zero-order valence-corrected chi connectivity index (χ0v) is 40.2. The Morgan fingerprint density at radius 3 is 2.30 bits per heavy atom. The Balaban J connectivity index is 0.981. The number of fused-ring (bicyclic) bond motifs is 1. The Hall–Kier alpha value is -6.80. The zero-order chi connectivity index (χ0) is 49.9. The molecule has 4 aromatic rings. The van der Waals surface area contributed by atoms with Crippen molar-refractivity contribution in [2.45, 2.75) is 101 Å². The van der Waals surface area contributed by atoms with Gasteiger partial charge in [0.15, 0.2) is 5.78 Å². The number of hydrogen-bond acceptors (Lipinski definition) is 15. The van der Waals surface area contributed by atoms with Crippen molar-refractivity contribution in [3.8, 4) is 17.2 Å². The number of aliphatic carboxylic acids is 1. The molecule has 1 heterocycles. The molecule has 0 fully saturated rings. The summed E-state index contributed by atoms with van der Waals surface area (Å²) in [4.78, 5) is 67.1. The van der Waals surface area contributed by atoms with Crippen molar-refractivity contribution in [1.82, 2.24) is 20.9 Å². The van der Waals surface area contributed by atoms with Crippen molar-refractivity contribution in [2.75, 3.05) is 38.8 Å². The lowest BCUT2D eigenvalue weighted by atomic mass is 9.86. The predicted octanol–water partition coefficient (Wildman–Crippen LogP) is 7.84. The minimum Gasteiger partial charge on any atom is -0.493 e. The fraction of sp³-hybridized carbons (Fsp3) is 0.392. The number of allylic oxidation sites excluding steroid dienone is 1. The Morgan fingerprint density at radius 1 is 0.857 bits per heavy atom. The lowest BCUT2D eigenvalue weighted by Crippen LogP contribution is -2.45. The zero-order valence-electron chi connectivity index (χ0n) is 39.4. The summed E-state index contributed by atoms with van der Waals surface area (Å²) in [6, 6.07) is 18.6. The third kappa shape index (κ3) is 17.6. The van der Waals surface area contributed by atoms with Gasteiger partial charge in [-0.15, -0.1) is 10.9 Å². The topological polar surface area (TPSA) is 245 Å². The molecule has 0 saturated carbocycles. The number of hydrogen-bond donors (Lipinski definition) is 6. The van der Waals surface area contributed by atoms with E-state index < -0.39 is 17.9 Å². The van der Waals surface area contributed by atoms with Crippen LogP contribution in [0.1, 0.15) is 114 Å². The van der Waals surface area contributed by atoms with Gasteiger partial charge in [-0.25, -0.2) is 10.2 Å². The number of carboxylic acid groups (broad SMARTS) is 1. The van der Waals surface area contributed by atoms with Crippen LogP contribution in [-0.2, 0) is 43.0 Å². The third-order valence-electron chi connectivity index (χ3n) is 11.2. The summed E-state index contributed by atoms with van der Waals surface area (Å²) in [6.45, 7) is 5.45. The van der Waals surface area contributed by atoms with Gasteiger partial charge in [-0.3, -0.25) is 29.4 Å². The first-order chi connectivity index (χ1) is 34.1. The number of anilines is 1. The molecule has 19 heteroatoms. The smallest absolute Gasteiger partial charge is 0.303 e. The summed E-state index contributed by atoms with van der Waals surface area (Å²) in [7, 11) is 1.49. The average molecular weight is 983 g/mol. The molecule has 0 spiro atoms. The van der Waals surface area contributed by atoms with Crippen LogP contribution >= 0.6 is 12.0 Å². The number of rotatable bonds is 32. The van der Waals surface area contributed by atoms with E-state index in [0.29, 0.717) is 91.6 Å². The SMILES string of the molecule is C=CCc1c(OCCCCCOc2cccc(OCCCC(=O)NCCCCC(NC(=O)c3ccc(N/N=C\c4ccccc4SOOO)nc3)C(=O)NC)c2CCC(=O)O)ccc2c1CCCC2=O. The van der Waals surface area contributed by atoms with E-state index in [-0.39, 0.29) is 49.0 Å². The molecule has 0 saturated heterocycles. The number of nitrogens with zero attached hydrogens (tertiary/aromatic N) is 2. The normalized spacial score (nSPS) is 12.4. The highest BCUT2D eigenvalue weighted by Crippen LogP contribution is 2.33. The minimum atomic E-state index is -0.938. The first-order valence-corrected chi connectivity index (χ1v) is 24.1. The third-order valence-corrected chi connectivity index (χ3v) is 11.9. The van der Waals surface area contributed by atoms with E-state index in [9.17, 15) is 29.1 Å². The quantitative estimate of drug-likeness (QED) is 0.00682. The molecule has 0 bridgehead atoms. The molecule has 5 rings (SSSR count). The number of unbranched alkanes of at least 4 members (excludes halogenated alkanes) is 3. The van der Waals surface area contributed by atoms with Gasteiger partial charge < -0.3 is 35.3 Å². The molecule has 1 aromatic heterocycles. The number of pyridine rings is 1. The molecular weight excluding hydrogens is 921 g/mol. The Kier molecular flexibility index (Phi) is 23.2. The summed E-state index contributed by atoms with van der Waals surface area (Å²) >= 11 is 0.803. The van der Waals surface area contributed by atoms with Crippen LogP contribution in [0.5, 0.6) is 17.2 Å². The lowest BCUT2D eigenvalue weighted by Gasteiger charge is -2.21. The van der Waals surface area contributed by atoms with E-state index >= 15 is 0 Å². The van der Waals surface area contributed by atoms with Crippen molar-refractivity contribution >= 4 is 53.5 Å². The van der Waals surface area contributed by atoms with E-state index in [1.165, 1.54) is 19.5 Å². The average Bonchev–Trinajstić information content (AvgIpc) is 3.36. The van der Waals surface area contributed by atoms with Gasteiger partial charge in [0, 0.05) is 66.2 Å². The highest BCUT2D eigenvalue weighted by atomic mass is 32.2. The molecule has 374 valence electrons. The van der Waals surface area contributed by atoms with Crippen LogP contribution in [0.3, 0.4) is 0 Å². The molecule has 3 aromatic carbocycles. The first-order valence-electron chi connectivity index (χ1n) is 23.4. The number of ketones is 1. The second-order valence-electron chi connectivity index (χ2n) is 16.2. The fourth-order valence-corrected chi connectivity index (χ4v) is 8.14.